The second-order valence-electron chi connectivity index (χ2n) is 6.87. The first-order valence-corrected chi connectivity index (χ1v) is 10.0. The quantitative estimate of drug-likeness (QED) is 0.226. The summed E-state index contributed by atoms with van der Waals surface area (Å²) in [5.74, 6) is 0. The normalized spacial score (nSPS) is 9.78. The maximum atomic E-state index is 4.45. The van der Waals surface area contributed by atoms with E-state index in [1.54, 1.807) is 12.4 Å². The van der Waals surface area contributed by atoms with Gasteiger partial charge in [0.1, 0.15) is 0 Å². The van der Waals surface area contributed by atoms with E-state index >= 15 is 0 Å². The van der Waals surface area contributed by atoms with Gasteiger partial charge >= 0.3 is 0 Å². The van der Waals surface area contributed by atoms with Gasteiger partial charge in [0.2, 0.25) is 0 Å². The van der Waals surface area contributed by atoms with Gasteiger partial charge in [-0.05, 0) is 42.1 Å². The molecule has 32 heavy (non-hydrogen) atoms. The molecule has 0 aliphatic rings. The van der Waals surface area contributed by atoms with Crippen LogP contribution in [0.15, 0.2) is 110 Å². The minimum Gasteiger partial charge on any atom is -0.305 e. The van der Waals surface area contributed by atoms with Gasteiger partial charge in [-0.2, -0.15) is 0 Å². The Bertz CT molecular complexity index is 1190. The molecule has 5 aromatic rings. The van der Waals surface area contributed by atoms with Crippen molar-refractivity contribution in [3.63, 3.8) is 0 Å². The van der Waals surface area contributed by atoms with Gasteiger partial charge in [0, 0.05) is 38.7 Å². The number of rotatable bonds is 3. The van der Waals surface area contributed by atoms with Crippen molar-refractivity contribution in [1.29, 1.82) is 0 Å². The van der Waals surface area contributed by atoms with Crippen molar-refractivity contribution in [1.82, 2.24) is 15.0 Å². The second-order valence-corrected chi connectivity index (χ2v) is 6.87. The summed E-state index contributed by atoms with van der Waals surface area (Å²) in [4.78, 5) is 13.0. The Morgan fingerprint density at radius 2 is 1.25 bits per heavy atom. The molecule has 5 rings (SSSR count). The van der Waals surface area contributed by atoms with Crippen molar-refractivity contribution < 1.29 is 20.1 Å². The number of benzene rings is 2. The van der Waals surface area contributed by atoms with Gasteiger partial charge in [0.25, 0.3) is 0 Å². The van der Waals surface area contributed by atoms with E-state index < -0.39 is 0 Å². The van der Waals surface area contributed by atoms with Crippen LogP contribution >= 0.6 is 0 Å². The summed E-state index contributed by atoms with van der Waals surface area (Å²) in [6.07, 6.45) is 5.40. The Hall–Kier alpha value is -3.46. The molecule has 0 saturated carbocycles. The maximum absolute atomic E-state index is 4.45. The molecule has 0 unspecified atom stereocenters. The van der Waals surface area contributed by atoms with Crippen LogP contribution in [-0.4, -0.2) is 15.0 Å². The van der Waals surface area contributed by atoms with Crippen LogP contribution in [0.2, 0.25) is 0 Å². The van der Waals surface area contributed by atoms with Crippen LogP contribution in [0.1, 0.15) is 5.56 Å². The zero-order valence-electron chi connectivity index (χ0n) is 17.6. The first-order valence-electron chi connectivity index (χ1n) is 10.0. The Morgan fingerprint density at radius 1 is 0.594 bits per heavy atom. The summed E-state index contributed by atoms with van der Waals surface area (Å²) >= 11 is 0. The van der Waals surface area contributed by atoms with Gasteiger partial charge in [-0.25, -0.2) is 0 Å². The predicted molar refractivity (Wildman–Crippen MR) is 125 cm³/mol. The van der Waals surface area contributed by atoms with Gasteiger partial charge in [-0.15, -0.1) is 65.7 Å². The fourth-order valence-corrected chi connectivity index (χ4v) is 3.15. The van der Waals surface area contributed by atoms with Crippen LogP contribution in [0, 0.1) is 19.1 Å². The molecule has 0 aliphatic heterocycles. The van der Waals surface area contributed by atoms with E-state index in [1.807, 2.05) is 85.1 Å². The molecule has 0 saturated heterocycles. The predicted octanol–water partition coefficient (Wildman–Crippen LogP) is 6.47. The van der Waals surface area contributed by atoms with E-state index in [2.05, 4.69) is 46.1 Å². The average molecular weight is 592 g/mol. The molecule has 0 fully saturated rings. The van der Waals surface area contributed by atoms with E-state index in [4.69, 9.17) is 0 Å². The third-order valence-electron chi connectivity index (χ3n) is 4.68. The van der Waals surface area contributed by atoms with Crippen molar-refractivity contribution in [2.24, 2.45) is 0 Å². The summed E-state index contributed by atoms with van der Waals surface area (Å²) in [5, 5.41) is 0. The Balaban J connectivity index is 0.000000193. The van der Waals surface area contributed by atoms with Crippen molar-refractivity contribution in [3.8, 4) is 33.8 Å². The summed E-state index contributed by atoms with van der Waals surface area (Å²) in [6.45, 7) is 2.07. The number of pyridine rings is 3. The molecule has 0 aliphatic carbocycles. The van der Waals surface area contributed by atoms with Crippen LogP contribution in [0.3, 0.4) is 0 Å². The molecule has 159 valence electrons. The third-order valence-corrected chi connectivity index (χ3v) is 4.68. The monoisotopic (exact) mass is 592 g/mol. The number of aryl methyl sites for hydroxylation is 1. The molecule has 0 amide bonds. The molecular formula is C28H21IrN3-2. The Morgan fingerprint density at radius 3 is 1.88 bits per heavy atom. The van der Waals surface area contributed by atoms with Crippen LogP contribution in [-0.2, 0) is 20.1 Å². The van der Waals surface area contributed by atoms with Crippen LogP contribution in [0.4, 0.5) is 0 Å². The maximum Gasteiger partial charge on any atom is 0.0547 e. The topological polar surface area (TPSA) is 38.7 Å². The molecular weight excluding hydrogens is 571 g/mol. The first-order chi connectivity index (χ1) is 15.3. The molecule has 3 heterocycles. The van der Waals surface area contributed by atoms with E-state index in [9.17, 15) is 0 Å². The molecule has 0 atom stereocenters. The Labute approximate surface area is 202 Å². The average Bonchev–Trinajstić information content (AvgIpc) is 2.86. The van der Waals surface area contributed by atoms with E-state index in [0.717, 1.165) is 33.8 Å². The summed E-state index contributed by atoms with van der Waals surface area (Å²) < 4.78 is 0. The standard InChI is InChI=1S/C17H13N2.C11H8N.Ir/c1-13-6-5-11-19-17(13)15-8-4-7-14(12-15)16-9-2-3-10-18-16;1-2-6-10(7-3-1)11-8-4-5-9-12-11;/h2-6,8-12H,1H3;1-6,8-9H;/q2*-1;. The summed E-state index contributed by atoms with van der Waals surface area (Å²) in [7, 11) is 0. The second kappa shape index (κ2) is 11.8. The molecule has 1 radical (unpaired) electrons. The van der Waals surface area contributed by atoms with Gasteiger partial charge in [-0.3, -0.25) is 4.98 Å². The smallest absolute Gasteiger partial charge is 0.0547 e. The zero-order chi connectivity index (χ0) is 21.3. The summed E-state index contributed by atoms with van der Waals surface area (Å²) in [5.41, 5.74) is 7.20. The molecule has 0 bridgehead atoms. The first kappa shape index (κ1) is 23.2. The largest absolute Gasteiger partial charge is 0.305 e. The van der Waals surface area contributed by atoms with Crippen molar-refractivity contribution >= 4 is 0 Å². The molecule has 3 aromatic heterocycles. The van der Waals surface area contributed by atoms with Crippen molar-refractivity contribution in [2.45, 2.75) is 6.92 Å². The number of nitrogens with zero attached hydrogens (tertiary/aromatic N) is 3. The zero-order valence-corrected chi connectivity index (χ0v) is 20.0. The van der Waals surface area contributed by atoms with Crippen molar-refractivity contribution in [2.75, 3.05) is 0 Å². The van der Waals surface area contributed by atoms with Gasteiger partial charge < -0.3 is 9.97 Å². The fraction of sp³-hybridized carbons (Fsp3) is 0.0357. The summed E-state index contributed by atoms with van der Waals surface area (Å²) in [6, 6.07) is 36.0. The molecule has 2 aromatic carbocycles. The van der Waals surface area contributed by atoms with Gasteiger partial charge in [0.05, 0.1) is 5.69 Å². The Kier molecular flexibility index (Phi) is 8.56. The molecule has 3 nitrogen and oxygen atoms in total. The molecule has 0 spiro atoms. The minimum absolute atomic E-state index is 0. The van der Waals surface area contributed by atoms with E-state index in [1.165, 1.54) is 5.56 Å². The van der Waals surface area contributed by atoms with Crippen LogP contribution in [0.5, 0.6) is 0 Å². The number of hydrogen-bond acceptors (Lipinski definition) is 3. The molecule has 4 heteroatoms. The van der Waals surface area contributed by atoms with Gasteiger partial charge in [-0.1, -0.05) is 35.9 Å². The third kappa shape index (κ3) is 6.04. The van der Waals surface area contributed by atoms with Crippen molar-refractivity contribution in [3.05, 3.63) is 127 Å². The van der Waals surface area contributed by atoms with Crippen LogP contribution < -0.4 is 0 Å². The SMILES string of the molecule is Cc1cccnc1-c1cc[c-]c(-c2ccccn2)c1.[Ir].[c-]1ccccc1-c1ccccn1. The van der Waals surface area contributed by atoms with Gasteiger partial charge in [0.15, 0.2) is 0 Å². The van der Waals surface area contributed by atoms with E-state index in [0.29, 0.717) is 0 Å². The minimum atomic E-state index is 0. The number of aromatic nitrogens is 3. The number of hydrogen-bond donors (Lipinski definition) is 0. The van der Waals surface area contributed by atoms with E-state index in [-0.39, 0.29) is 20.1 Å². The fourth-order valence-electron chi connectivity index (χ4n) is 3.15. The van der Waals surface area contributed by atoms with Crippen LogP contribution in [0.25, 0.3) is 33.8 Å². The molecule has 0 N–H and O–H groups in total.